The maximum atomic E-state index is 13.1. The summed E-state index contributed by atoms with van der Waals surface area (Å²) in [6, 6.07) is 10.9. The number of hydrogen-bond donors (Lipinski definition) is 2. The Bertz CT molecular complexity index is 1240. The lowest BCUT2D eigenvalue weighted by molar-refractivity contribution is -0.113. The third kappa shape index (κ3) is 4.99. The highest BCUT2D eigenvalue weighted by Crippen LogP contribution is 2.30. The summed E-state index contributed by atoms with van der Waals surface area (Å²) in [6.07, 6.45) is 0. The van der Waals surface area contributed by atoms with E-state index in [0.717, 1.165) is 17.3 Å². The quantitative estimate of drug-likeness (QED) is 0.290. The van der Waals surface area contributed by atoms with Gasteiger partial charge < -0.3 is 11.2 Å². The van der Waals surface area contributed by atoms with Crippen LogP contribution in [0.15, 0.2) is 53.0 Å². The van der Waals surface area contributed by atoms with Crippen LogP contribution < -0.4 is 11.2 Å². The summed E-state index contributed by atoms with van der Waals surface area (Å²) < 4.78 is 14.3. The molecule has 0 atom stereocenters. The van der Waals surface area contributed by atoms with Crippen LogP contribution in [-0.4, -0.2) is 31.5 Å². The van der Waals surface area contributed by atoms with E-state index in [1.165, 1.54) is 28.1 Å². The van der Waals surface area contributed by atoms with Crippen LogP contribution in [0.3, 0.4) is 0 Å². The molecular formula is C19H13Cl2FN6OS2. The molecule has 0 aliphatic rings. The van der Waals surface area contributed by atoms with Gasteiger partial charge in [0.05, 0.1) is 16.5 Å². The number of rotatable bonds is 6. The first-order valence-corrected chi connectivity index (χ1v) is 11.3. The molecule has 0 unspecified atom stereocenters. The van der Waals surface area contributed by atoms with E-state index in [0.29, 0.717) is 37.4 Å². The van der Waals surface area contributed by atoms with Gasteiger partial charge in [-0.2, -0.15) is 0 Å². The van der Waals surface area contributed by atoms with Crippen molar-refractivity contribution in [1.29, 1.82) is 0 Å². The highest BCUT2D eigenvalue weighted by atomic mass is 35.5. The number of carbonyl (C=O) groups excluding carboxylic acids is 1. The Morgan fingerprint density at radius 2 is 1.97 bits per heavy atom. The molecule has 0 aliphatic carbocycles. The molecular weight excluding hydrogens is 482 g/mol. The number of anilines is 1. The smallest absolute Gasteiger partial charge is 0.236 e. The lowest BCUT2D eigenvalue weighted by Crippen LogP contribution is -2.16. The van der Waals surface area contributed by atoms with Gasteiger partial charge in [0.1, 0.15) is 5.82 Å². The molecule has 158 valence electrons. The zero-order valence-corrected chi connectivity index (χ0v) is 18.7. The Labute approximate surface area is 194 Å². The van der Waals surface area contributed by atoms with E-state index in [1.807, 2.05) is 0 Å². The van der Waals surface area contributed by atoms with Crippen LogP contribution in [0.4, 0.5) is 9.52 Å². The molecule has 0 saturated carbocycles. The van der Waals surface area contributed by atoms with Gasteiger partial charge in [0, 0.05) is 21.5 Å². The summed E-state index contributed by atoms with van der Waals surface area (Å²) in [6.45, 7) is 0. The number of amides is 1. The van der Waals surface area contributed by atoms with Crippen LogP contribution in [0.5, 0.6) is 0 Å². The number of nitrogens with one attached hydrogen (secondary N) is 1. The highest BCUT2D eigenvalue weighted by Gasteiger charge is 2.17. The number of nitrogens with zero attached hydrogens (tertiary/aromatic N) is 4. The molecule has 4 rings (SSSR count). The first-order chi connectivity index (χ1) is 14.9. The van der Waals surface area contributed by atoms with Crippen molar-refractivity contribution >= 4 is 57.3 Å². The van der Waals surface area contributed by atoms with Gasteiger partial charge in [-0.1, -0.05) is 35.0 Å². The molecule has 2 aromatic carbocycles. The molecule has 0 aliphatic heterocycles. The van der Waals surface area contributed by atoms with Crippen LogP contribution in [0, 0.1) is 5.82 Å². The normalized spacial score (nSPS) is 10.9. The van der Waals surface area contributed by atoms with Gasteiger partial charge in [0.2, 0.25) is 11.1 Å². The molecule has 2 heterocycles. The van der Waals surface area contributed by atoms with Crippen LogP contribution in [0.1, 0.15) is 0 Å². The van der Waals surface area contributed by atoms with E-state index in [-0.39, 0.29) is 17.5 Å². The summed E-state index contributed by atoms with van der Waals surface area (Å²) in [5.74, 6) is 5.85. The second kappa shape index (κ2) is 9.23. The SMILES string of the molecule is Nn1c(SCC(=O)Nc2nc(-c3ccc(F)cc3)cs2)nnc1-c1cc(Cl)ccc1Cl. The molecule has 0 spiro atoms. The van der Waals surface area contributed by atoms with Crippen molar-refractivity contribution in [2.75, 3.05) is 16.9 Å². The van der Waals surface area contributed by atoms with Crippen molar-refractivity contribution in [3.05, 3.63) is 63.7 Å². The number of benzene rings is 2. The maximum absolute atomic E-state index is 13.1. The Morgan fingerprint density at radius 3 is 2.74 bits per heavy atom. The Hall–Kier alpha value is -2.66. The van der Waals surface area contributed by atoms with Gasteiger partial charge in [-0.15, -0.1) is 21.5 Å². The van der Waals surface area contributed by atoms with Gasteiger partial charge in [-0.25, -0.2) is 14.1 Å². The molecule has 0 saturated heterocycles. The summed E-state index contributed by atoms with van der Waals surface area (Å²) >= 11 is 14.6. The zero-order valence-electron chi connectivity index (χ0n) is 15.6. The molecule has 3 N–H and O–H groups in total. The Morgan fingerprint density at radius 1 is 1.19 bits per heavy atom. The predicted molar refractivity (Wildman–Crippen MR) is 122 cm³/mol. The fourth-order valence-electron chi connectivity index (χ4n) is 2.60. The number of halogens is 3. The minimum absolute atomic E-state index is 0.0457. The number of thioether (sulfide) groups is 1. The Balaban J connectivity index is 1.39. The Kier molecular flexibility index (Phi) is 6.42. The fraction of sp³-hybridized carbons (Fsp3) is 0.0526. The van der Waals surface area contributed by atoms with Crippen molar-refractivity contribution in [2.45, 2.75) is 5.16 Å². The van der Waals surface area contributed by atoms with Gasteiger partial charge >= 0.3 is 0 Å². The van der Waals surface area contributed by atoms with E-state index in [4.69, 9.17) is 29.0 Å². The van der Waals surface area contributed by atoms with Crippen molar-refractivity contribution in [3.8, 4) is 22.6 Å². The van der Waals surface area contributed by atoms with Crippen molar-refractivity contribution in [3.63, 3.8) is 0 Å². The number of nitrogen functional groups attached to an aromatic ring is 1. The van der Waals surface area contributed by atoms with Crippen molar-refractivity contribution in [1.82, 2.24) is 19.9 Å². The summed E-state index contributed by atoms with van der Waals surface area (Å²) in [4.78, 5) is 16.7. The topological polar surface area (TPSA) is 98.7 Å². The van der Waals surface area contributed by atoms with Crippen LogP contribution in [-0.2, 0) is 4.79 Å². The monoisotopic (exact) mass is 494 g/mol. The minimum Gasteiger partial charge on any atom is -0.335 e. The lowest BCUT2D eigenvalue weighted by atomic mass is 10.2. The first kappa shape index (κ1) is 21.6. The molecule has 1 amide bonds. The van der Waals surface area contributed by atoms with Gasteiger partial charge in [0.25, 0.3) is 0 Å². The van der Waals surface area contributed by atoms with Gasteiger partial charge in [0.15, 0.2) is 11.0 Å². The third-order valence-electron chi connectivity index (χ3n) is 4.06. The predicted octanol–water partition coefficient (Wildman–Crippen LogP) is 4.96. The second-order valence-electron chi connectivity index (χ2n) is 6.18. The lowest BCUT2D eigenvalue weighted by Gasteiger charge is -2.06. The van der Waals surface area contributed by atoms with Crippen LogP contribution in [0.25, 0.3) is 22.6 Å². The number of aromatic nitrogens is 4. The van der Waals surface area contributed by atoms with E-state index in [1.54, 1.807) is 35.7 Å². The van der Waals surface area contributed by atoms with E-state index in [9.17, 15) is 9.18 Å². The summed E-state index contributed by atoms with van der Waals surface area (Å²) in [5.41, 5.74) is 1.95. The molecule has 4 aromatic rings. The number of thiazole rings is 1. The maximum Gasteiger partial charge on any atom is 0.236 e. The van der Waals surface area contributed by atoms with Crippen molar-refractivity contribution < 1.29 is 9.18 Å². The minimum atomic E-state index is -0.321. The standard InChI is InChI=1S/C19H13Cl2FN6OS2/c20-11-3-6-14(21)13(7-11)17-26-27-19(28(17)23)31-9-16(29)25-18-24-15(8-30-18)10-1-4-12(22)5-2-10/h1-8H,9,23H2,(H,24,25,29). The largest absolute Gasteiger partial charge is 0.335 e. The molecule has 7 nitrogen and oxygen atoms in total. The number of nitrogens with two attached hydrogens (primary N) is 1. The van der Waals surface area contributed by atoms with Gasteiger partial charge in [-0.3, -0.25) is 4.79 Å². The molecule has 0 bridgehead atoms. The zero-order chi connectivity index (χ0) is 22.0. The summed E-state index contributed by atoms with van der Waals surface area (Å²) in [7, 11) is 0. The first-order valence-electron chi connectivity index (χ1n) is 8.71. The fourth-order valence-corrected chi connectivity index (χ4v) is 4.36. The number of hydrogen-bond acceptors (Lipinski definition) is 7. The second-order valence-corrected chi connectivity index (χ2v) is 8.83. The molecule has 0 radical (unpaired) electrons. The average molecular weight is 495 g/mol. The molecule has 0 fully saturated rings. The summed E-state index contributed by atoms with van der Waals surface area (Å²) in [5, 5.41) is 14.3. The van der Waals surface area contributed by atoms with E-state index < -0.39 is 0 Å². The third-order valence-corrected chi connectivity index (χ3v) is 6.32. The van der Waals surface area contributed by atoms with Crippen LogP contribution >= 0.6 is 46.3 Å². The molecule has 12 heteroatoms. The molecule has 2 aromatic heterocycles. The molecule has 31 heavy (non-hydrogen) atoms. The van der Waals surface area contributed by atoms with E-state index in [2.05, 4.69) is 20.5 Å². The highest BCUT2D eigenvalue weighted by molar-refractivity contribution is 7.99. The van der Waals surface area contributed by atoms with Crippen LogP contribution in [0.2, 0.25) is 10.0 Å². The average Bonchev–Trinajstić information content (AvgIpc) is 3.35. The van der Waals surface area contributed by atoms with Crippen molar-refractivity contribution in [2.24, 2.45) is 0 Å². The van der Waals surface area contributed by atoms with E-state index >= 15 is 0 Å². The van der Waals surface area contributed by atoms with Gasteiger partial charge in [-0.05, 0) is 42.5 Å². The number of carbonyl (C=O) groups is 1.